The number of hydrogen-bond acceptors (Lipinski definition) is 3. The molecule has 2 aromatic rings. The first-order chi connectivity index (χ1) is 11.9. The van der Waals surface area contributed by atoms with Gasteiger partial charge in [-0.25, -0.2) is 0 Å². The molecule has 0 aliphatic heterocycles. The van der Waals surface area contributed by atoms with Gasteiger partial charge in [0.05, 0.1) is 17.1 Å². The Kier molecular flexibility index (Phi) is 5.59. The Labute approximate surface area is 160 Å². The van der Waals surface area contributed by atoms with Gasteiger partial charge >= 0.3 is 0 Å². The molecule has 4 nitrogen and oxygen atoms in total. The molecule has 132 valence electrons. The van der Waals surface area contributed by atoms with Crippen LogP contribution in [0, 0.1) is 5.92 Å². The Morgan fingerprint density at radius 1 is 1.36 bits per heavy atom. The van der Waals surface area contributed by atoms with Crippen molar-refractivity contribution in [2.75, 3.05) is 18.9 Å². The first kappa shape index (κ1) is 18.1. The first-order valence-electron chi connectivity index (χ1n) is 8.35. The lowest BCUT2D eigenvalue weighted by atomic mass is 9.90. The number of hydrogen-bond donors (Lipinski definition) is 1. The molecule has 1 unspecified atom stereocenters. The third kappa shape index (κ3) is 4.30. The minimum absolute atomic E-state index is 0.0269. The lowest BCUT2D eigenvalue weighted by Crippen LogP contribution is -2.34. The number of fused-ring (bicyclic) bond motifs is 1. The van der Waals surface area contributed by atoms with Gasteiger partial charge < -0.3 is 10.2 Å². The fourth-order valence-corrected chi connectivity index (χ4v) is 4.63. The Balaban J connectivity index is 1.63. The number of para-hydroxylation sites is 1. The van der Waals surface area contributed by atoms with Gasteiger partial charge in [-0.2, -0.15) is 0 Å². The second kappa shape index (κ2) is 7.70. The van der Waals surface area contributed by atoms with E-state index in [1.165, 1.54) is 21.8 Å². The molecule has 1 aromatic carbocycles. The zero-order chi connectivity index (χ0) is 18.0. The number of benzene rings is 1. The maximum Gasteiger partial charge on any atom is 0.264 e. The van der Waals surface area contributed by atoms with Crippen LogP contribution in [0.15, 0.2) is 34.8 Å². The Bertz CT molecular complexity index is 802. The largest absolute Gasteiger partial charge is 0.332 e. The fraction of sp³-hybridized carbons (Fsp3) is 0.368. The molecule has 0 saturated carbocycles. The highest BCUT2D eigenvalue weighted by molar-refractivity contribution is 9.10. The number of aryl methyl sites for hydroxylation is 1. The van der Waals surface area contributed by atoms with Crippen LogP contribution in [0.1, 0.15) is 33.5 Å². The van der Waals surface area contributed by atoms with Gasteiger partial charge in [0.2, 0.25) is 5.91 Å². The van der Waals surface area contributed by atoms with E-state index in [1.54, 1.807) is 18.4 Å². The van der Waals surface area contributed by atoms with E-state index in [-0.39, 0.29) is 18.4 Å². The summed E-state index contributed by atoms with van der Waals surface area (Å²) in [5.41, 5.74) is 2.01. The van der Waals surface area contributed by atoms with Crippen molar-refractivity contribution in [2.24, 2.45) is 5.92 Å². The number of anilines is 1. The number of nitrogens with zero attached hydrogens (tertiary/aromatic N) is 1. The van der Waals surface area contributed by atoms with Crippen molar-refractivity contribution in [1.82, 2.24) is 4.90 Å². The molecule has 0 spiro atoms. The second-order valence-corrected chi connectivity index (χ2v) is 8.59. The van der Waals surface area contributed by atoms with Crippen LogP contribution in [0.5, 0.6) is 0 Å². The van der Waals surface area contributed by atoms with E-state index in [9.17, 15) is 9.59 Å². The van der Waals surface area contributed by atoms with E-state index in [2.05, 4.69) is 28.2 Å². The second-order valence-electron chi connectivity index (χ2n) is 6.60. The first-order valence-corrected chi connectivity index (χ1v) is 9.96. The summed E-state index contributed by atoms with van der Waals surface area (Å²) in [5, 5.41) is 2.83. The van der Waals surface area contributed by atoms with Crippen molar-refractivity contribution in [1.29, 1.82) is 0 Å². The van der Waals surface area contributed by atoms with Crippen LogP contribution in [0.4, 0.5) is 5.69 Å². The summed E-state index contributed by atoms with van der Waals surface area (Å²) < 4.78 is 0.817. The lowest BCUT2D eigenvalue weighted by molar-refractivity contribution is -0.116. The molecule has 1 atom stereocenters. The van der Waals surface area contributed by atoms with Crippen LogP contribution in [0.25, 0.3) is 0 Å². The number of nitrogens with one attached hydrogen (secondary N) is 1. The molecule has 3 rings (SSSR count). The zero-order valence-corrected chi connectivity index (χ0v) is 16.7. The predicted octanol–water partition coefficient (Wildman–Crippen LogP) is 4.35. The molecule has 0 saturated heterocycles. The minimum Gasteiger partial charge on any atom is -0.332 e. The van der Waals surface area contributed by atoms with Gasteiger partial charge in [0.1, 0.15) is 0 Å². The van der Waals surface area contributed by atoms with Crippen LogP contribution < -0.4 is 5.32 Å². The number of carbonyl (C=O) groups is 2. The van der Waals surface area contributed by atoms with Gasteiger partial charge in [0.25, 0.3) is 5.91 Å². The van der Waals surface area contributed by atoms with Gasteiger partial charge in [-0.3, -0.25) is 9.59 Å². The molecule has 0 fully saturated rings. The van der Waals surface area contributed by atoms with Crippen molar-refractivity contribution < 1.29 is 9.59 Å². The molecule has 6 heteroatoms. The molecule has 1 aromatic heterocycles. The van der Waals surface area contributed by atoms with E-state index in [4.69, 9.17) is 0 Å². The molecular weight excluding hydrogens is 400 g/mol. The number of thiophene rings is 1. The summed E-state index contributed by atoms with van der Waals surface area (Å²) in [7, 11) is 1.67. The predicted molar refractivity (Wildman–Crippen MR) is 105 cm³/mol. The van der Waals surface area contributed by atoms with Gasteiger partial charge in [0, 0.05) is 16.4 Å². The van der Waals surface area contributed by atoms with Crippen LogP contribution in [-0.4, -0.2) is 30.3 Å². The van der Waals surface area contributed by atoms with Crippen molar-refractivity contribution in [2.45, 2.75) is 26.2 Å². The van der Waals surface area contributed by atoms with Crippen molar-refractivity contribution >= 4 is 44.8 Å². The third-order valence-corrected chi connectivity index (χ3v) is 6.33. The normalized spacial score (nSPS) is 16.2. The van der Waals surface area contributed by atoms with E-state index in [0.29, 0.717) is 11.6 Å². The average Bonchev–Trinajstić information content (AvgIpc) is 2.99. The van der Waals surface area contributed by atoms with Gasteiger partial charge in [0.15, 0.2) is 0 Å². The summed E-state index contributed by atoms with van der Waals surface area (Å²) >= 11 is 4.98. The van der Waals surface area contributed by atoms with E-state index >= 15 is 0 Å². The Morgan fingerprint density at radius 3 is 2.88 bits per heavy atom. The number of carbonyl (C=O) groups excluding carboxylic acids is 2. The summed E-state index contributed by atoms with van der Waals surface area (Å²) in [6, 6.07) is 9.43. The highest BCUT2D eigenvalue weighted by Gasteiger charge is 2.23. The van der Waals surface area contributed by atoms with Gasteiger partial charge in [-0.05, 0) is 64.9 Å². The molecular formula is C19H21BrN2O2S. The number of amides is 2. The molecule has 1 aliphatic rings. The van der Waals surface area contributed by atoms with Crippen LogP contribution in [-0.2, 0) is 17.6 Å². The SMILES string of the molecule is CC1CCc2sc(C(=O)N(C)CC(=O)Nc3ccccc3Br)cc2C1. The van der Waals surface area contributed by atoms with E-state index in [0.717, 1.165) is 22.2 Å². The lowest BCUT2D eigenvalue weighted by Gasteiger charge is -2.16. The molecule has 1 N–H and O–H groups in total. The van der Waals surface area contributed by atoms with Crippen molar-refractivity contribution in [3.05, 3.63) is 50.1 Å². The average molecular weight is 421 g/mol. The summed E-state index contributed by atoms with van der Waals surface area (Å²) in [5.74, 6) is 0.380. The zero-order valence-electron chi connectivity index (χ0n) is 14.3. The molecule has 0 bridgehead atoms. The number of likely N-dealkylation sites (N-methyl/N-ethyl adjacent to an activating group) is 1. The van der Waals surface area contributed by atoms with E-state index in [1.807, 2.05) is 30.3 Å². The maximum absolute atomic E-state index is 12.6. The highest BCUT2D eigenvalue weighted by atomic mass is 79.9. The van der Waals surface area contributed by atoms with Gasteiger partial charge in [-0.1, -0.05) is 19.1 Å². The minimum atomic E-state index is -0.210. The molecule has 0 radical (unpaired) electrons. The van der Waals surface area contributed by atoms with Crippen molar-refractivity contribution in [3.8, 4) is 0 Å². The molecule has 1 heterocycles. The van der Waals surface area contributed by atoms with Crippen LogP contribution >= 0.6 is 27.3 Å². The van der Waals surface area contributed by atoms with E-state index < -0.39 is 0 Å². The molecule has 25 heavy (non-hydrogen) atoms. The molecule has 2 amide bonds. The Hall–Kier alpha value is -1.66. The monoisotopic (exact) mass is 420 g/mol. The highest BCUT2D eigenvalue weighted by Crippen LogP contribution is 2.32. The summed E-state index contributed by atoms with van der Waals surface area (Å²) in [6.07, 6.45) is 3.29. The summed E-state index contributed by atoms with van der Waals surface area (Å²) in [4.78, 5) is 28.4. The summed E-state index contributed by atoms with van der Waals surface area (Å²) in [6.45, 7) is 2.28. The standard InChI is InChI=1S/C19H21BrN2O2S/c1-12-7-8-16-13(9-12)10-17(25-16)19(24)22(2)11-18(23)21-15-6-4-3-5-14(15)20/h3-6,10,12H,7-9,11H2,1-2H3,(H,21,23). The molecule has 1 aliphatic carbocycles. The van der Waals surface area contributed by atoms with Crippen LogP contribution in [0.2, 0.25) is 0 Å². The van der Waals surface area contributed by atoms with Crippen LogP contribution in [0.3, 0.4) is 0 Å². The number of halogens is 1. The smallest absolute Gasteiger partial charge is 0.264 e. The third-order valence-electron chi connectivity index (χ3n) is 4.42. The fourth-order valence-electron chi connectivity index (χ4n) is 3.04. The maximum atomic E-state index is 12.6. The van der Waals surface area contributed by atoms with Gasteiger partial charge in [-0.15, -0.1) is 11.3 Å². The quantitative estimate of drug-likeness (QED) is 0.798. The van der Waals surface area contributed by atoms with Crippen molar-refractivity contribution in [3.63, 3.8) is 0 Å². The topological polar surface area (TPSA) is 49.4 Å². The number of rotatable bonds is 4. The Morgan fingerprint density at radius 2 is 2.12 bits per heavy atom.